The molecule has 2 unspecified atom stereocenters. The Bertz CT molecular complexity index is 275. The van der Waals surface area contributed by atoms with Crippen molar-refractivity contribution in [3.8, 4) is 0 Å². The van der Waals surface area contributed by atoms with Crippen LogP contribution in [0.2, 0.25) is 0 Å². The zero-order chi connectivity index (χ0) is 9.47. The minimum atomic E-state index is -0.560. The van der Waals surface area contributed by atoms with E-state index in [2.05, 4.69) is 11.9 Å². The molecule has 0 aromatic rings. The summed E-state index contributed by atoms with van der Waals surface area (Å²) in [5.74, 6) is 0.682. The summed E-state index contributed by atoms with van der Waals surface area (Å²) in [6.07, 6.45) is 3.62. The minimum Gasteiger partial charge on any atom is -0.433 e. The van der Waals surface area contributed by atoms with Gasteiger partial charge in [0.05, 0.1) is 0 Å². The van der Waals surface area contributed by atoms with E-state index in [9.17, 15) is 4.79 Å². The van der Waals surface area contributed by atoms with Crippen LogP contribution in [0.15, 0.2) is 4.99 Å². The molecule has 1 saturated carbocycles. The molecule has 4 nitrogen and oxygen atoms in total. The van der Waals surface area contributed by atoms with Crippen LogP contribution in [-0.4, -0.2) is 17.5 Å². The Kier molecular flexibility index (Phi) is 1.78. The van der Waals surface area contributed by atoms with Crippen LogP contribution in [0.5, 0.6) is 0 Å². The van der Waals surface area contributed by atoms with Crippen LogP contribution in [0.3, 0.4) is 0 Å². The van der Waals surface area contributed by atoms with Crippen molar-refractivity contribution in [2.24, 2.45) is 16.6 Å². The van der Waals surface area contributed by atoms with Crippen LogP contribution in [0.25, 0.3) is 0 Å². The Balaban J connectivity index is 2.29. The van der Waals surface area contributed by atoms with Crippen molar-refractivity contribution in [3.63, 3.8) is 0 Å². The van der Waals surface area contributed by atoms with Crippen molar-refractivity contribution < 1.29 is 9.53 Å². The highest BCUT2D eigenvalue weighted by molar-refractivity contribution is 6.02. The van der Waals surface area contributed by atoms with Gasteiger partial charge in [0.2, 0.25) is 0 Å². The maximum atomic E-state index is 11.0. The fraction of sp³-hybridized carbons (Fsp3) is 0.778. The molecule has 2 aliphatic rings. The summed E-state index contributed by atoms with van der Waals surface area (Å²) in [5.41, 5.74) is 5.17. The first kappa shape index (κ1) is 8.53. The largest absolute Gasteiger partial charge is 0.436 e. The van der Waals surface area contributed by atoms with E-state index in [-0.39, 0.29) is 0 Å². The van der Waals surface area contributed by atoms with Crippen LogP contribution in [0, 0.1) is 5.92 Å². The van der Waals surface area contributed by atoms with Crippen molar-refractivity contribution in [1.82, 2.24) is 0 Å². The first-order valence-corrected chi connectivity index (χ1v) is 4.73. The number of hydrogen-bond donors (Lipinski definition) is 1. The number of nitrogens with two attached hydrogens (primary N) is 1. The lowest BCUT2D eigenvalue weighted by atomic mass is 9.76. The van der Waals surface area contributed by atoms with Gasteiger partial charge in [0, 0.05) is 5.92 Å². The monoisotopic (exact) mass is 182 g/mol. The average molecular weight is 182 g/mol. The van der Waals surface area contributed by atoms with E-state index < -0.39 is 11.7 Å². The first-order valence-electron chi connectivity index (χ1n) is 4.73. The predicted molar refractivity (Wildman–Crippen MR) is 48.5 cm³/mol. The summed E-state index contributed by atoms with van der Waals surface area (Å²) in [7, 11) is 0. The molecule has 0 aromatic carbocycles. The van der Waals surface area contributed by atoms with E-state index in [1.165, 1.54) is 6.42 Å². The minimum absolute atomic E-state index is 0.302. The quantitative estimate of drug-likeness (QED) is 0.616. The first-order chi connectivity index (χ1) is 6.15. The standard InChI is InChI=1S/C9H14N2O2/c1-6-4-2-3-5-9(6)7(10)11-8(12)13-9/h6H,2-5H2,1H3,(H2,10,11,12). The van der Waals surface area contributed by atoms with Gasteiger partial charge in [-0.3, -0.25) is 0 Å². The lowest BCUT2D eigenvalue weighted by molar-refractivity contribution is 0.0150. The molecule has 1 spiro atoms. The second kappa shape index (κ2) is 2.72. The van der Waals surface area contributed by atoms with Crippen LogP contribution in [0.4, 0.5) is 4.79 Å². The molecular formula is C9H14N2O2. The smallest absolute Gasteiger partial charge is 0.433 e. The van der Waals surface area contributed by atoms with Gasteiger partial charge in [0.25, 0.3) is 0 Å². The molecule has 2 atom stereocenters. The van der Waals surface area contributed by atoms with Crippen molar-refractivity contribution in [3.05, 3.63) is 0 Å². The Morgan fingerprint density at radius 3 is 2.92 bits per heavy atom. The van der Waals surface area contributed by atoms with Crippen molar-refractivity contribution >= 4 is 11.9 Å². The van der Waals surface area contributed by atoms with E-state index in [4.69, 9.17) is 10.5 Å². The Labute approximate surface area is 77.2 Å². The molecule has 0 saturated heterocycles. The number of carbonyl (C=O) groups excluding carboxylic acids is 1. The van der Waals surface area contributed by atoms with Gasteiger partial charge in [-0.15, -0.1) is 0 Å². The molecule has 1 amide bonds. The van der Waals surface area contributed by atoms with Crippen molar-refractivity contribution in [1.29, 1.82) is 0 Å². The summed E-state index contributed by atoms with van der Waals surface area (Å²) in [6.45, 7) is 2.07. The van der Waals surface area contributed by atoms with E-state index in [1.807, 2.05) is 0 Å². The lowest BCUT2D eigenvalue weighted by Crippen LogP contribution is -2.50. The van der Waals surface area contributed by atoms with Crippen LogP contribution in [0.1, 0.15) is 32.6 Å². The molecule has 1 heterocycles. The highest BCUT2D eigenvalue weighted by Crippen LogP contribution is 2.39. The highest BCUT2D eigenvalue weighted by Gasteiger charge is 2.49. The fourth-order valence-electron chi connectivity index (χ4n) is 2.27. The highest BCUT2D eigenvalue weighted by atomic mass is 16.6. The van der Waals surface area contributed by atoms with E-state index >= 15 is 0 Å². The summed E-state index contributed by atoms with van der Waals surface area (Å²) >= 11 is 0. The van der Waals surface area contributed by atoms with Gasteiger partial charge in [-0.1, -0.05) is 13.3 Å². The lowest BCUT2D eigenvalue weighted by Gasteiger charge is -2.37. The van der Waals surface area contributed by atoms with Crippen molar-refractivity contribution in [2.75, 3.05) is 0 Å². The van der Waals surface area contributed by atoms with Crippen LogP contribution >= 0.6 is 0 Å². The summed E-state index contributed by atoms with van der Waals surface area (Å²) in [5, 5.41) is 0. The number of aliphatic imine (C=N–C) groups is 1. The molecular weight excluding hydrogens is 168 g/mol. The van der Waals surface area contributed by atoms with Crippen LogP contribution < -0.4 is 5.73 Å². The van der Waals surface area contributed by atoms with E-state index in [0.717, 1.165) is 19.3 Å². The number of amidine groups is 1. The van der Waals surface area contributed by atoms with Gasteiger partial charge in [0.15, 0.2) is 11.4 Å². The van der Waals surface area contributed by atoms with Gasteiger partial charge in [-0.2, -0.15) is 4.99 Å². The average Bonchev–Trinajstić information content (AvgIpc) is 2.35. The molecule has 0 aromatic heterocycles. The van der Waals surface area contributed by atoms with Crippen molar-refractivity contribution in [2.45, 2.75) is 38.2 Å². The molecule has 0 radical (unpaired) electrons. The Hall–Kier alpha value is -1.06. The van der Waals surface area contributed by atoms with Gasteiger partial charge in [0.1, 0.15) is 0 Å². The van der Waals surface area contributed by atoms with E-state index in [1.54, 1.807) is 0 Å². The van der Waals surface area contributed by atoms with Gasteiger partial charge in [-0.25, -0.2) is 4.79 Å². The zero-order valence-corrected chi connectivity index (χ0v) is 7.75. The molecule has 4 heteroatoms. The summed E-state index contributed by atoms with van der Waals surface area (Å²) in [6, 6.07) is 0. The Morgan fingerprint density at radius 2 is 2.38 bits per heavy atom. The fourth-order valence-corrected chi connectivity index (χ4v) is 2.27. The summed E-state index contributed by atoms with van der Waals surface area (Å²) in [4.78, 5) is 14.6. The third-order valence-electron chi connectivity index (χ3n) is 3.15. The molecule has 13 heavy (non-hydrogen) atoms. The Morgan fingerprint density at radius 1 is 1.62 bits per heavy atom. The molecule has 1 aliphatic heterocycles. The van der Waals surface area contributed by atoms with Gasteiger partial charge < -0.3 is 10.5 Å². The second-order valence-electron chi connectivity index (χ2n) is 3.90. The van der Waals surface area contributed by atoms with Gasteiger partial charge in [-0.05, 0) is 19.3 Å². The molecule has 2 N–H and O–H groups in total. The maximum absolute atomic E-state index is 11.0. The molecule has 2 rings (SSSR count). The molecule has 1 fully saturated rings. The molecule has 1 aliphatic carbocycles. The number of carbonyl (C=O) groups is 1. The maximum Gasteiger partial charge on any atom is 0.436 e. The normalized spacial score (nSPS) is 39.0. The predicted octanol–water partition coefficient (Wildman–Crippen LogP) is 1.44. The summed E-state index contributed by atoms with van der Waals surface area (Å²) < 4.78 is 5.25. The van der Waals surface area contributed by atoms with Crippen LogP contribution in [-0.2, 0) is 4.74 Å². The topological polar surface area (TPSA) is 64.7 Å². The van der Waals surface area contributed by atoms with Gasteiger partial charge >= 0.3 is 6.09 Å². The zero-order valence-electron chi connectivity index (χ0n) is 7.75. The third-order valence-corrected chi connectivity index (χ3v) is 3.15. The number of hydrogen-bond acceptors (Lipinski definition) is 3. The number of rotatable bonds is 0. The number of nitrogens with zero attached hydrogens (tertiary/aromatic N) is 1. The second-order valence-corrected chi connectivity index (χ2v) is 3.90. The molecule has 72 valence electrons. The number of amides is 1. The SMILES string of the molecule is CC1CCCCC12OC(=O)N=C2N. The number of ether oxygens (including phenoxy) is 1. The third kappa shape index (κ3) is 1.12. The van der Waals surface area contributed by atoms with E-state index in [0.29, 0.717) is 11.8 Å². The molecule has 0 bridgehead atoms.